The molecule has 0 amide bonds. The lowest BCUT2D eigenvalue weighted by Gasteiger charge is -2.24. The molecule has 3 unspecified atom stereocenters. The molecule has 3 heteroatoms. The summed E-state index contributed by atoms with van der Waals surface area (Å²) in [5, 5.41) is 4.63. The van der Waals surface area contributed by atoms with Crippen LogP contribution in [0.4, 0.5) is 0 Å². The number of hydrogen-bond donors (Lipinski definition) is 1. The van der Waals surface area contributed by atoms with E-state index in [4.69, 9.17) is 0 Å². The maximum absolute atomic E-state index is 3.68. The molecule has 0 aromatic rings. The molecular weight excluding hydrogens is 228 g/mol. The average molecular weight is 256 g/mol. The number of rotatable bonds is 5. The Morgan fingerprint density at radius 2 is 2.12 bits per heavy atom. The summed E-state index contributed by atoms with van der Waals surface area (Å²) in [6, 6.07) is 2.26. The normalized spacial score (nSPS) is 34.9. The quantitative estimate of drug-likeness (QED) is 0.814. The first-order chi connectivity index (χ1) is 8.19. The zero-order chi connectivity index (χ0) is 12.3. The summed E-state index contributed by atoms with van der Waals surface area (Å²) < 4.78 is 0. The van der Waals surface area contributed by atoms with Crippen LogP contribution in [0, 0.1) is 0 Å². The van der Waals surface area contributed by atoms with Crippen LogP contribution < -0.4 is 5.32 Å². The molecule has 1 heterocycles. The predicted octanol–water partition coefficient (Wildman–Crippen LogP) is 2.73. The van der Waals surface area contributed by atoms with Crippen molar-refractivity contribution in [3.63, 3.8) is 0 Å². The standard InChI is InChI=1S/C14H28N2S/c1-4-17-14-6-5-13(9-14)16-8-7-12(10-16)15-11(2)3/h11-15H,4-10H2,1-3H3. The van der Waals surface area contributed by atoms with Crippen LogP contribution in [0.25, 0.3) is 0 Å². The van der Waals surface area contributed by atoms with Gasteiger partial charge in [0, 0.05) is 36.5 Å². The van der Waals surface area contributed by atoms with Crippen LogP contribution in [0.5, 0.6) is 0 Å². The highest BCUT2D eigenvalue weighted by atomic mass is 32.2. The van der Waals surface area contributed by atoms with E-state index < -0.39 is 0 Å². The van der Waals surface area contributed by atoms with Crippen LogP contribution >= 0.6 is 11.8 Å². The molecule has 0 bridgehead atoms. The van der Waals surface area contributed by atoms with E-state index in [9.17, 15) is 0 Å². The highest BCUT2D eigenvalue weighted by Crippen LogP contribution is 2.33. The lowest BCUT2D eigenvalue weighted by Crippen LogP contribution is -2.39. The number of hydrogen-bond acceptors (Lipinski definition) is 3. The fourth-order valence-corrected chi connectivity index (χ4v) is 4.49. The Labute approximate surface area is 111 Å². The minimum absolute atomic E-state index is 0.631. The Morgan fingerprint density at radius 3 is 2.82 bits per heavy atom. The summed E-state index contributed by atoms with van der Waals surface area (Å²) >= 11 is 2.17. The minimum Gasteiger partial charge on any atom is -0.310 e. The molecule has 2 rings (SSSR count). The van der Waals surface area contributed by atoms with E-state index >= 15 is 0 Å². The van der Waals surface area contributed by atoms with Crippen LogP contribution in [0.2, 0.25) is 0 Å². The molecule has 0 aromatic carbocycles. The highest BCUT2D eigenvalue weighted by molar-refractivity contribution is 7.99. The molecule has 17 heavy (non-hydrogen) atoms. The molecule has 0 radical (unpaired) electrons. The van der Waals surface area contributed by atoms with Crippen molar-refractivity contribution in [3.05, 3.63) is 0 Å². The summed E-state index contributed by atoms with van der Waals surface area (Å²) in [5.74, 6) is 1.29. The average Bonchev–Trinajstić information content (AvgIpc) is 2.86. The van der Waals surface area contributed by atoms with Crippen LogP contribution in [0.1, 0.15) is 46.5 Å². The molecule has 2 nitrogen and oxygen atoms in total. The maximum atomic E-state index is 3.68. The monoisotopic (exact) mass is 256 g/mol. The van der Waals surface area contributed by atoms with E-state index in [1.807, 2.05) is 0 Å². The van der Waals surface area contributed by atoms with Gasteiger partial charge < -0.3 is 5.32 Å². The van der Waals surface area contributed by atoms with Gasteiger partial charge in [-0.3, -0.25) is 4.90 Å². The van der Waals surface area contributed by atoms with Gasteiger partial charge in [-0.15, -0.1) is 0 Å². The largest absolute Gasteiger partial charge is 0.310 e. The summed E-state index contributed by atoms with van der Waals surface area (Å²) in [6.07, 6.45) is 5.67. The summed E-state index contributed by atoms with van der Waals surface area (Å²) in [6.45, 7) is 9.40. The Hall–Kier alpha value is 0.270. The minimum atomic E-state index is 0.631. The van der Waals surface area contributed by atoms with E-state index in [1.165, 1.54) is 44.5 Å². The van der Waals surface area contributed by atoms with Gasteiger partial charge in [-0.1, -0.05) is 20.8 Å². The molecule has 1 saturated heterocycles. The molecule has 2 fully saturated rings. The van der Waals surface area contributed by atoms with Crippen LogP contribution in [0.15, 0.2) is 0 Å². The van der Waals surface area contributed by atoms with E-state index in [0.717, 1.165) is 17.3 Å². The first-order valence-electron chi connectivity index (χ1n) is 7.30. The van der Waals surface area contributed by atoms with E-state index in [0.29, 0.717) is 6.04 Å². The molecule has 2 aliphatic rings. The van der Waals surface area contributed by atoms with Gasteiger partial charge in [0.25, 0.3) is 0 Å². The van der Waals surface area contributed by atoms with Gasteiger partial charge in [-0.25, -0.2) is 0 Å². The second-order valence-corrected chi connectivity index (χ2v) is 7.42. The Kier molecular flexibility index (Phi) is 5.19. The van der Waals surface area contributed by atoms with Crippen molar-refractivity contribution in [2.45, 2.75) is 69.8 Å². The second kappa shape index (κ2) is 6.44. The van der Waals surface area contributed by atoms with Crippen molar-refractivity contribution >= 4 is 11.8 Å². The van der Waals surface area contributed by atoms with Gasteiger partial charge in [-0.05, 0) is 31.4 Å². The molecule has 0 spiro atoms. The summed E-state index contributed by atoms with van der Waals surface area (Å²) in [5.41, 5.74) is 0. The number of nitrogens with zero attached hydrogens (tertiary/aromatic N) is 1. The third kappa shape index (κ3) is 3.87. The molecule has 1 aliphatic heterocycles. The predicted molar refractivity (Wildman–Crippen MR) is 77.8 cm³/mol. The lowest BCUT2D eigenvalue weighted by atomic mass is 10.2. The van der Waals surface area contributed by atoms with Crippen LogP contribution in [-0.2, 0) is 0 Å². The smallest absolute Gasteiger partial charge is 0.0209 e. The third-order valence-electron chi connectivity index (χ3n) is 4.06. The number of thioether (sulfide) groups is 1. The van der Waals surface area contributed by atoms with Crippen molar-refractivity contribution in [2.24, 2.45) is 0 Å². The summed E-state index contributed by atoms with van der Waals surface area (Å²) in [7, 11) is 0. The maximum Gasteiger partial charge on any atom is 0.0209 e. The van der Waals surface area contributed by atoms with Gasteiger partial charge in [0.15, 0.2) is 0 Å². The SMILES string of the molecule is CCSC1CCC(N2CCC(NC(C)C)C2)C1. The number of likely N-dealkylation sites (tertiary alicyclic amines) is 1. The van der Waals surface area contributed by atoms with Crippen molar-refractivity contribution in [1.29, 1.82) is 0 Å². The topological polar surface area (TPSA) is 15.3 Å². The molecule has 3 atom stereocenters. The number of nitrogens with one attached hydrogen (secondary N) is 1. The van der Waals surface area contributed by atoms with Crippen molar-refractivity contribution in [3.8, 4) is 0 Å². The van der Waals surface area contributed by atoms with Crippen molar-refractivity contribution < 1.29 is 0 Å². The van der Waals surface area contributed by atoms with E-state index in [1.54, 1.807) is 0 Å². The fourth-order valence-electron chi connectivity index (χ4n) is 3.36. The van der Waals surface area contributed by atoms with Crippen LogP contribution in [0.3, 0.4) is 0 Å². The van der Waals surface area contributed by atoms with Gasteiger partial charge in [-0.2, -0.15) is 11.8 Å². The molecule has 100 valence electrons. The fraction of sp³-hybridized carbons (Fsp3) is 1.00. The molecule has 1 saturated carbocycles. The van der Waals surface area contributed by atoms with E-state index in [2.05, 4.69) is 42.7 Å². The Morgan fingerprint density at radius 1 is 1.29 bits per heavy atom. The Balaban J connectivity index is 1.74. The van der Waals surface area contributed by atoms with Crippen molar-refractivity contribution in [2.75, 3.05) is 18.8 Å². The zero-order valence-corrected chi connectivity index (χ0v) is 12.4. The summed E-state index contributed by atoms with van der Waals surface area (Å²) in [4.78, 5) is 2.75. The third-order valence-corrected chi connectivity index (χ3v) is 5.30. The van der Waals surface area contributed by atoms with Gasteiger partial charge in [0.05, 0.1) is 0 Å². The first kappa shape index (κ1) is 13.7. The zero-order valence-electron chi connectivity index (χ0n) is 11.6. The Bertz CT molecular complexity index is 232. The molecule has 1 N–H and O–H groups in total. The molecule has 1 aliphatic carbocycles. The first-order valence-corrected chi connectivity index (χ1v) is 8.35. The van der Waals surface area contributed by atoms with Gasteiger partial charge in [0.1, 0.15) is 0 Å². The second-order valence-electron chi connectivity index (χ2n) is 5.85. The van der Waals surface area contributed by atoms with Gasteiger partial charge in [0.2, 0.25) is 0 Å². The lowest BCUT2D eigenvalue weighted by molar-refractivity contribution is 0.239. The molecule has 0 aromatic heterocycles. The highest BCUT2D eigenvalue weighted by Gasteiger charge is 2.33. The molecular formula is C14H28N2S. The van der Waals surface area contributed by atoms with E-state index in [-0.39, 0.29) is 0 Å². The van der Waals surface area contributed by atoms with Crippen LogP contribution in [-0.4, -0.2) is 47.1 Å². The van der Waals surface area contributed by atoms with Crippen molar-refractivity contribution in [1.82, 2.24) is 10.2 Å². The van der Waals surface area contributed by atoms with Gasteiger partial charge >= 0.3 is 0 Å².